The Morgan fingerprint density at radius 3 is 2.90 bits per heavy atom. The number of benzene rings is 1. The third-order valence-corrected chi connectivity index (χ3v) is 3.63. The van der Waals surface area contributed by atoms with E-state index in [1.165, 1.54) is 6.92 Å². The van der Waals surface area contributed by atoms with Crippen molar-refractivity contribution in [2.24, 2.45) is 0 Å². The molecule has 1 aliphatic heterocycles. The van der Waals surface area contributed by atoms with E-state index >= 15 is 0 Å². The Morgan fingerprint density at radius 1 is 1.48 bits per heavy atom. The van der Waals surface area contributed by atoms with Crippen LogP contribution in [0.1, 0.15) is 13.3 Å². The molecule has 1 heterocycles. The van der Waals surface area contributed by atoms with Crippen molar-refractivity contribution < 1.29 is 9.59 Å². The highest BCUT2D eigenvalue weighted by Crippen LogP contribution is 2.24. The highest BCUT2D eigenvalue weighted by atomic mass is 35.5. The molecule has 6 nitrogen and oxygen atoms in total. The first-order valence-electron chi connectivity index (χ1n) is 6.78. The first kappa shape index (κ1) is 15.6. The van der Waals surface area contributed by atoms with Crippen molar-refractivity contribution in [2.75, 3.05) is 30.7 Å². The number of carbonyl (C=O) groups excluding carboxylic acids is 2. The number of nitrogens with zero attached hydrogens (tertiary/aromatic N) is 1. The SMILES string of the molecule is CC(=O)NC1CCN(CC(=O)Nc2ccc(N)cc2Cl)C1. The van der Waals surface area contributed by atoms with Gasteiger partial charge in [0.05, 0.1) is 17.3 Å². The maximum atomic E-state index is 12.0. The molecule has 1 fully saturated rings. The third-order valence-electron chi connectivity index (χ3n) is 3.31. The van der Waals surface area contributed by atoms with Gasteiger partial charge in [-0.3, -0.25) is 14.5 Å². The van der Waals surface area contributed by atoms with Crippen molar-refractivity contribution in [1.29, 1.82) is 0 Å². The standard InChI is InChI=1S/C14H19ClN4O2/c1-9(20)17-11-4-5-19(7-11)8-14(21)18-13-3-2-10(16)6-12(13)15/h2-3,6,11H,4-5,7-8,16H2,1H3,(H,17,20)(H,18,21). The Morgan fingerprint density at radius 2 is 2.24 bits per heavy atom. The molecule has 0 saturated carbocycles. The Balaban J connectivity index is 1.84. The normalized spacial score (nSPS) is 18.5. The number of nitrogens with one attached hydrogen (secondary N) is 2. The van der Waals surface area contributed by atoms with Gasteiger partial charge in [-0.2, -0.15) is 0 Å². The van der Waals surface area contributed by atoms with Crippen LogP contribution in [0.3, 0.4) is 0 Å². The van der Waals surface area contributed by atoms with E-state index in [1.54, 1.807) is 18.2 Å². The second-order valence-corrected chi connectivity index (χ2v) is 5.62. The summed E-state index contributed by atoms with van der Waals surface area (Å²) >= 11 is 6.01. The van der Waals surface area contributed by atoms with Crippen LogP contribution in [-0.2, 0) is 9.59 Å². The van der Waals surface area contributed by atoms with E-state index in [9.17, 15) is 9.59 Å². The fraction of sp³-hybridized carbons (Fsp3) is 0.429. The number of halogens is 1. The van der Waals surface area contributed by atoms with Crippen molar-refractivity contribution in [3.63, 3.8) is 0 Å². The minimum atomic E-state index is -0.134. The first-order chi connectivity index (χ1) is 9.94. The van der Waals surface area contributed by atoms with Crippen LogP contribution in [0.2, 0.25) is 5.02 Å². The van der Waals surface area contributed by atoms with E-state index in [2.05, 4.69) is 10.6 Å². The maximum absolute atomic E-state index is 12.0. The molecular formula is C14H19ClN4O2. The van der Waals surface area contributed by atoms with Crippen LogP contribution in [0.15, 0.2) is 18.2 Å². The Labute approximate surface area is 128 Å². The fourth-order valence-corrected chi connectivity index (χ4v) is 2.64. The third kappa shape index (κ3) is 4.61. The quantitative estimate of drug-likeness (QED) is 0.726. The Kier molecular flexibility index (Phi) is 5.03. The highest BCUT2D eigenvalue weighted by Gasteiger charge is 2.24. The first-order valence-corrected chi connectivity index (χ1v) is 7.16. The van der Waals surface area contributed by atoms with Crippen molar-refractivity contribution in [3.05, 3.63) is 23.2 Å². The molecular weight excluding hydrogens is 292 g/mol. The van der Waals surface area contributed by atoms with Gasteiger partial charge in [-0.15, -0.1) is 0 Å². The molecule has 1 unspecified atom stereocenters. The van der Waals surface area contributed by atoms with E-state index in [4.69, 9.17) is 17.3 Å². The summed E-state index contributed by atoms with van der Waals surface area (Å²) in [6.45, 7) is 3.24. The van der Waals surface area contributed by atoms with Gasteiger partial charge in [0.2, 0.25) is 11.8 Å². The summed E-state index contributed by atoms with van der Waals surface area (Å²) in [6.07, 6.45) is 0.857. The molecule has 0 spiro atoms. The van der Waals surface area contributed by atoms with Gasteiger partial charge in [0.15, 0.2) is 0 Å². The van der Waals surface area contributed by atoms with Gasteiger partial charge < -0.3 is 16.4 Å². The molecule has 0 bridgehead atoms. The fourth-order valence-electron chi connectivity index (χ4n) is 2.41. The lowest BCUT2D eigenvalue weighted by atomic mass is 10.2. The van der Waals surface area contributed by atoms with Crippen molar-refractivity contribution in [1.82, 2.24) is 10.2 Å². The Hall–Kier alpha value is -1.79. The van der Waals surface area contributed by atoms with Gasteiger partial charge in [-0.1, -0.05) is 11.6 Å². The molecule has 1 aliphatic rings. The highest BCUT2D eigenvalue weighted by molar-refractivity contribution is 6.34. The number of hydrogen-bond donors (Lipinski definition) is 3. The molecule has 0 aliphatic carbocycles. The van der Waals surface area contributed by atoms with Gasteiger partial charge in [0.25, 0.3) is 0 Å². The van der Waals surface area contributed by atoms with E-state index in [-0.39, 0.29) is 24.4 Å². The zero-order chi connectivity index (χ0) is 15.4. The molecule has 1 saturated heterocycles. The molecule has 0 radical (unpaired) electrons. The van der Waals surface area contributed by atoms with Crippen molar-refractivity contribution >= 4 is 34.8 Å². The second-order valence-electron chi connectivity index (χ2n) is 5.21. The lowest BCUT2D eigenvalue weighted by Gasteiger charge is -2.16. The molecule has 2 amide bonds. The number of nitrogen functional groups attached to an aromatic ring is 1. The van der Waals surface area contributed by atoms with Crippen LogP contribution in [-0.4, -0.2) is 42.4 Å². The molecule has 1 aromatic rings. The number of hydrogen-bond acceptors (Lipinski definition) is 4. The summed E-state index contributed by atoms with van der Waals surface area (Å²) in [4.78, 5) is 25.0. The summed E-state index contributed by atoms with van der Waals surface area (Å²) < 4.78 is 0. The van der Waals surface area contributed by atoms with E-state index in [0.717, 1.165) is 13.0 Å². The van der Waals surface area contributed by atoms with Crippen LogP contribution in [0.4, 0.5) is 11.4 Å². The van der Waals surface area contributed by atoms with Crippen LogP contribution in [0.25, 0.3) is 0 Å². The second kappa shape index (κ2) is 6.78. The zero-order valence-corrected chi connectivity index (χ0v) is 12.6. The van der Waals surface area contributed by atoms with Gasteiger partial charge in [-0.25, -0.2) is 0 Å². The average molecular weight is 311 g/mol. The zero-order valence-electron chi connectivity index (χ0n) is 11.9. The van der Waals surface area contributed by atoms with Gasteiger partial charge in [0.1, 0.15) is 0 Å². The molecule has 7 heteroatoms. The lowest BCUT2D eigenvalue weighted by Crippen LogP contribution is -2.37. The van der Waals surface area contributed by atoms with E-state index in [0.29, 0.717) is 22.9 Å². The molecule has 114 valence electrons. The predicted molar refractivity (Wildman–Crippen MR) is 83.2 cm³/mol. The molecule has 0 aromatic heterocycles. The van der Waals surface area contributed by atoms with Crippen LogP contribution in [0.5, 0.6) is 0 Å². The number of carbonyl (C=O) groups is 2. The summed E-state index contributed by atoms with van der Waals surface area (Å²) in [6, 6.07) is 5.08. The van der Waals surface area contributed by atoms with Crippen molar-refractivity contribution in [2.45, 2.75) is 19.4 Å². The largest absolute Gasteiger partial charge is 0.399 e. The van der Waals surface area contributed by atoms with Gasteiger partial charge in [0, 0.05) is 31.7 Å². The summed E-state index contributed by atoms with van der Waals surface area (Å²) in [5, 5.41) is 6.04. The maximum Gasteiger partial charge on any atom is 0.238 e. The van der Waals surface area contributed by atoms with Crippen molar-refractivity contribution in [3.8, 4) is 0 Å². The number of anilines is 2. The predicted octanol–water partition coefficient (Wildman–Crippen LogP) is 1.07. The number of likely N-dealkylation sites (tertiary alicyclic amines) is 1. The smallest absolute Gasteiger partial charge is 0.238 e. The van der Waals surface area contributed by atoms with E-state index in [1.807, 2.05) is 4.90 Å². The molecule has 1 aromatic carbocycles. The van der Waals surface area contributed by atoms with Crippen LogP contribution in [0, 0.1) is 0 Å². The van der Waals surface area contributed by atoms with Crippen LogP contribution < -0.4 is 16.4 Å². The molecule has 1 atom stereocenters. The Bertz CT molecular complexity index is 550. The lowest BCUT2D eigenvalue weighted by molar-refractivity contribution is -0.119. The summed E-state index contributed by atoms with van der Waals surface area (Å²) in [5.41, 5.74) is 6.71. The van der Waals surface area contributed by atoms with Gasteiger partial charge >= 0.3 is 0 Å². The summed E-state index contributed by atoms with van der Waals surface area (Å²) in [7, 11) is 0. The molecule has 21 heavy (non-hydrogen) atoms. The molecule has 2 rings (SSSR count). The van der Waals surface area contributed by atoms with Crippen LogP contribution >= 0.6 is 11.6 Å². The minimum Gasteiger partial charge on any atom is -0.399 e. The topological polar surface area (TPSA) is 87.5 Å². The minimum absolute atomic E-state index is 0.0417. The average Bonchev–Trinajstić information content (AvgIpc) is 2.79. The number of amides is 2. The molecule has 4 N–H and O–H groups in total. The van der Waals surface area contributed by atoms with E-state index < -0.39 is 0 Å². The monoisotopic (exact) mass is 310 g/mol. The van der Waals surface area contributed by atoms with Gasteiger partial charge in [-0.05, 0) is 24.6 Å². The number of nitrogens with two attached hydrogens (primary N) is 1. The number of rotatable bonds is 4. The summed E-state index contributed by atoms with van der Waals surface area (Å²) in [5.74, 6) is -0.176.